The molecular formula is C22H26FN3O3. The van der Waals surface area contributed by atoms with E-state index in [1.54, 1.807) is 15.6 Å². The molecule has 0 spiro atoms. The van der Waals surface area contributed by atoms with Crippen molar-refractivity contribution in [2.75, 3.05) is 13.1 Å². The maximum atomic E-state index is 14.6. The molecule has 4 rings (SSSR count). The standard InChI is InChI=1S/C22H26FN3O3/c1-14-5-2-8-17(23)21(14)26-18-9-3-7-16(18)20(24-26)22(29)25-12-4-6-15(13-25)10-11-19(27)28/h2,5,8,15H,3-4,6-7,9-13H2,1H3,(H,27,28). The Bertz CT molecular complexity index is 933. The molecule has 0 radical (unpaired) electrons. The highest BCUT2D eigenvalue weighted by atomic mass is 19.1. The van der Waals surface area contributed by atoms with Crippen molar-refractivity contribution in [1.82, 2.24) is 14.7 Å². The van der Waals surface area contributed by atoms with Crippen molar-refractivity contribution in [1.29, 1.82) is 0 Å². The van der Waals surface area contributed by atoms with Gasteiger partial charge in [-0.05, 0) is 63.0 Å². The summed E-state index contributed by atoms with van der Waals surface area (Å²) in [4.78, 5) is 26.0. The Labute approximate surface area is 169 Å². The normalized spacial score (nSPS) is 18.7. The van der Waals surface area contributed by atoms with Crippen molar-refractivity contribution in [3.05, 3.63) is 46.5 Å². The van der Waals surface area contributed by atoms with Gasteiger partial charge in [-0.25, -0.2) is 9.07 Å². The van der Waals surface area contributed by atoms with E-state index in [0.717, 1.165) is 48.9 Å². The summed E-state index contributed by atoms with van der Waals surface area (Å²) >= 11 is 0. The van der Waals surface area contributed by atoms with Crippen LogP contribution in [0.4, 0.5) is 4.39 Å². The molecule has 1 atom stereocenters. The van der Waals surface area contributed by atoms with Crippen molar-refractivity contribution in [3.63, 3.8) is 0 Å². The maximum Gasteiger partial charge on any atom is 0.303 e. The molecule has 2 aromatic rings. The lowest BCUT2D eigenvalue weighted by molar-refractivity contribution is -0.137. The molecule has 1 saturated heterocycles. The minimum atomic E-state index is -0.801. The Morgan fingerprint density at radius 2 is 2.10 bits per heavy atom. The number of carbonyl (C=O) groups excluding carboxylic acids is 1. The third kappa shape index (κ3) is 3.78. The number of likely N-dealkylation sites (tertiary alicyclic amines) is 1. The third-order valence-electron chi connectivity index (χ3n) is 6.11. The summed E-state index contributed by atoms with van der Waals surface area (Å²) in [5.41, 5.74) is 3.50. The van der Waals surface area contributed by atoms with Crippen molar-refractivity contribution in [2.45, 2.75) is 51.9 Å². The topological polar surface area (TPSA) is 75.4 Å². The number of carbonyl (C=O) groups is 2. The highest BCUT2D eigenvalue weighted by Gasteiger charge is 2.32. The number of rotatable bonds is 5. The number of hydrogen-bond donors (Lipinski definition) is 1. The number of piperidine rings is 1. The summed E-state index contributed by atoms with van der Waals surface area (Å²) in [5.74, 6) is -1.05. The Balaban J connectivity index is 1.62. The Hall–Kier alpha value is -2.70. The van der Waals surface area contributed by atoms with Crippen molar-refractivity contribution in [3.8, 4) is 5.69 Å². The summed E-state index contributed by atoms with van der Waals surface area (Å²) in [5, 5.41) is 13.5. The molecule has 1 aliphatic carbocycles. The molecule has 0 bridgehead atoms. The molecule has 1 aromatic carbocycles. The summed E-state index contributed by atoms with van der Waals surface area (Å²) in [6.45, 7) is 3.07. The van der Waals surface area contributed by atoms with Gasteiger partial charge in [0.25, 0.3) is 5.91 Å². The molecule has 1 N–H and O–H groups in total. The number of benzene rings is 1. The average Bonchev–Trinajstić information content (AvgIpc) is 3.30. The minimum Gasteiger partial charge on any atom is -0.481 e. The Morgan fingerprint density at radius 1 is 1.28 bits per heavy atom. The number of hydrogen-bond acceptors (Lipinski definition) is 3. The number of nitrogens with zero attached hydrogens (tertiary/aromatic N) is 3. The van der Waals surface area contributed by atoms with Gasteiger partial charge in [0.1, 0.15) is 11.5 Å². The van der Waals surface area contributed by atoms with E-state index in [1.807, 2.05) is 13.0 Å². The number of aryl methyl sites for hydroxylation is 1. The number of fused-ring (bicyclic) bond motifs is 1. The number of carboxylic acids is 1. The Morgan fingerprint density at radius 3 is 2.86 bits per heavy atom. The van der Waals surface area contributed by atoms with Crippen molar-refractivity contribution in [2.24, 2.45) is 5.92 Å². The molecule has 1 amide bonds. The zero-order valence-corrected chi connectivity index (χ0v) is 16.7. The van der Waals surface area contributed by atoms with Crippen LogP contribution in [0.1, 0.15) is 59.4 Å². The largest absolute Gasteiger partial charge is 0.481 e. The SMILES string of the molecule is Cc1cccc(F)c1-n1nc(C(=O)N2CCCC(CCC(=O)O)C2)c2c1CCC2. The second-order valence-corrected chi connectivity index (χ2v) is 8.14. The second-order valence-electron chi connectivity index (χ2n) is 8.14. The smallest absolute Gasteiger partial charge is 0.303 e. The molecule has 154 valence electrons. The van der Waals surface area contributed by atoms with Crippen LogP contribution in [0.2, 0.25) is 0 Å². The molecule has 2 aliphatic rings. The quantitative estimate of drug-likeness (QED) is 0.835. The van der Waals surface area contributed by atoms with Crippen molar-refractivity contribution < 1.29 is 19.1 Å². The van der Waals surface area contributed by atoms with E-state index < -0.39 is 5.97 Å². The van der Waals surface area contributed by atoms with Gasteiger partial charge >= 0.3 is 5.97 Å². The van der Waals surface area contributed by atoms with Crippen LogP contribution in [-0.4, -0.2) is 44.8 Å². The summed E-state index contributed by atoms with van der Waals surface area (Å²) < 4.78 is 16.2. The molecule has 2 heterocycles. The first-order chi connectivity index (χ1) is 14.0. The zero-order valence-electron chi connectivity index (χ0n) is 16.7. The molecule has 0 saturated carbocycles. The van der Waals surface area contributed by atoms with Gasteiger partial charge in [0, 0.05) is 30.8 Å². The van der Waals surface area contributed by atoms with E-state index in [0.29, 0.717) is 30.9 Å². The minimum absolute atomic E-state index is 0.115. The average molecular weight is 399 g/mol. The lowest BCUT2D eigenvalue weighted by Gasteiger charge is -2.32. The maximum absolute atomic E-state index is 14.6. The lowest BCUT2D eigenvalue weighted by atomic mass is 9.93. The van der Waals surface area contributed by atoms with Gasteiger partial charge in [-0.15, -0.1) is 0 Å². The lowest BCUT2D eigenvalue weighted by Crippen LogP contribution is -2.40. The molecule has 1 fully saturated rings. The summed E-state index contributed by atoms with van der Waals surface area (Å²) in [6.07, 6.45) is 5.01. The van der Waals surface area contributed by atoms with Crippen molar-refractivity contribution >= 4 is 11.9 Å². The Kier molecular flexibility index (Phi) is 5.39. The van der Waals surface area contributed by atoms with Gasteiger partial charge in [-0.1, -0.05) is 12.1 Å². The van der Waals surface area contributed by atoms with Crippen LogP contribution < -0.4 is 0 Å². The monoisotopic (exact) mass is 399 g/mol. The first-order valence-corrected chi connectivity index (χ1v) is 10.3. The predicted octanol–water partition coefficient (Wildman–Crippen LogP) is 3.53. The molecule has 1 aromatic heterocycles. The van der Waals surface area contributed by atoms with Crippen LogP contribution in [0, 0.1) is 18.7 Å². The molecule has 6 nitrogen and oxygen atoms in total. The van der Waals surface area contributed by atoms with E-state index >= 15 is 0 Å². The van der Waals surface area contributed by atoms with Crippen LogP contribution in [0.5, 0.6) is 0 Å². The second kappa shape index (κ2) is 7.97. The number of para-hydroxylation sites is 1. The fourth-order valence-corrected chi connectivity index (χ4v) is 4.65. The first kappa shape index (κ1) is 19.6. The van der Waals surface area contributed by atoms with E-state index in [2.05, 4.69) is 5.10 Å². The first-order valence-electron chi connectivity index (χ1n) is 10.3. The number of amides is 1. The van der Waals surface area contributed by atoms with E-state index in [4.69, 9.17) is 5.11 Å². The molecule has 29 heavy (non-hydrogen) atoms. The van der Waals surface area contributed by atoms with Gasteiger partial charge in [0.05, 0.1) is 0 Å². The summed E-state index contributed by atoms with van der Waals surface area (Å²) in [7, 11) is 0. The molecule has 1 unspecified atom stereocenters. The van der Waals surface area contributed by atoms with E-state index in [9.17, 15) is 14.0 Å². The van der Waals surface area contributed by atoms with Gasteiger partial charge in [0.15, 0.2) is 5.69 Å². The fourth-order valence-electron chi connectivity index (χ4n) is 4.65. The van der Waals surface area contributed by atoms with E-state index in [1.165, 1.54) is 6.07 Å². The van der Waals surface area contributed by atoms with Gasteiger partial charge < -0.3 is 10.0 Å². The zero-order chi connectivity index (χ0) is 20.5. The predicted molar refractivity (Wildman–Crippen MR) is 106 cm³/mol. The highest BCUT2D eigenvalue weighted by Crippen LogP contribution is 2.31. The van der Waals surface area contributed by atoms with Crippen LogP contribution in [-0.2, 0) is 17.6 Å². The van der Waals surface area contributed by atoms with Crippen LogP contribution in [0.15, 0.2) is 18.2 Å². The number of carboxylic acid groups (broad SMARTS) is 1. The van der Waals surface area contributed by atoms with Crippen LogP contribution >= 0.6 is 0 Å². The van der Waals surface area contributed by atoms with Gasteiger partial charge in [-0.3, -0.25) is 9.59 Å². The van der Waals surface area contributed by atoms with Gasteiger partial charge in [-0.2, -0.15) is 5.10 Å². The number of halogens is 1. The number of aromatic nitrogens is 2. The molecular weight excluding hydrogens is 373 g/mol. The number of aliphatic carboxylic acids is 1. The van der Waals surface area contributed by atoms with E-state index in [-0.39, 0.29) is 24.1 Å². The fraction of sp³-hybridized carbons (Fsp3) is 0.500. The highest BCUT2D eigenvalue weighted by molar-refractivity contribution is 5.94. The van der Waals surface area contributed by atoms with Crippen LogP contribution in [0.3, 0.4) is 0 Å². The molecule has 7 heteroatoms. The van der Waals surface area contributed by atoms with Crippen LogP contribution in [0.25, 0.3) is 5.69 Å². The summed E-state index contributed by atoms with van der Waals surface area (Å²) in [6, 6.07) is 4.94. The molecule has 1 aliphatic heterocycles. The van der Waals surface area contributed by atoms with Gasteiger partial charge in [0.2, 0.25) is 0 Å². The third-order valence-corrected chi connectivity index (χ3v) is 6.11.